The molecule has 0 N–H and O–H groups in total. The number of aliphatic imine (C=N–C) groups is 1. The lowest BCUT2D eigenvalue weighted by atomic mass is 9.96. The number of anilines is 2. The monoisotopic (exact) mass is 586 g/mol. The van der Waals surface area contributed by atoms with Gasteiger partial charge >= 0.3 is 12.1 Å². The Morgan fingerprint density at radius 1 is 0.929 bits per heavy atom. The van der Waals surface area contributed by atoms with Crippen LogP contribution in [-0.2, 0) is 15.7 Å². The molecule has 12 heteroatoms. The van der Waals surface area contributed by atoms with Gasteiger partial charge in [0.15, 0.2) is 0 Å². The number of alkyl halides is 3. The minimum Gasteiger partial charge on any atom is -0.497 e. The second-order valence-corrected chi connectivity index (χ2v) is 9.84. The van der Waals surface area contributed by atoms with Crippen molar-refractivity contribution in [3.05, 3.63) is 77.6 Å². The highest BCUT2D eigenvalue weighted by atomic mass is 19.4. The number of rotatable bonds is 6. The SMILES string of the molecule is COC(=O)CC1c2ccc(F)cc2N=C(N2CCN(c3cccc(OC)c3)CC2)N1c1cc(C(F)(F)F)ccc1OC. The van der Waals surface area contributed by atoms with Crippen LogP contribution >= 0.6 is 0 Å². The average molecular weight is 587 g/mol. The Kier molecular flexibility index (Phi) is 8.15. The molecule has 0 saturated carbocycles. The Bertz CT molecular complexity index is 1490. The van der Waals surface area contributed by atoms with Gasteiger partial charge in [-0.3, -0.25) is 4.79 Å². The van der Waals surface area contributed by atoms with E-state index in [1.165, 1.54) is 38.5 Å². The van der Waals surface area contributed by atoms with E-state index in [0.717, 1.165) is 23.6 Å². The number of carbonyl (C=O) groups excluding carboxylic acids is 1. The molecule has 2 heterocycles. The summed E-state index contributed by atoms with van der Waals surface area (Å²) in [5.41, 5.74) is 0.913. The molecule has 0 radical (unpaired) electrons. The first-order chi connectivity index (χ1) is 20.1. The smallest absolute Gasteiger partial charge is 0.416 e. The first-order valence-corrected chi connectivity index (χ1v) is 13.3. The average Bonchev–Trinajstić information content (AvgIpc) is 3.00. The quantitative estimate of drug-likeness (QED) is 0.267. The molecule has 0 aliphatic carbocycles. The van der Waals surface area contributed by atoms with Crippen LogP contribution in [0, 0.1) is 5.82 Å². The number of ether oxygens (including phenoxy) is 3. The van der Waals surface area contributed by atoms with Crippen molar-refractivity contribution in [3.8, 4) is 11.5 Å². The lowest BCUT2D eigenvalue weighted by Gasteiger charge is -2.45. The molecule has 0 amide bonds. The highest BCUT2D eigenvalue weighted by Crippen LogP contribution is 2.45. The molecular formula is C30H30F4N4O4. The van der Waals surface area contributed by atoms with Crippen molar-refractivity contribution >= 4 is 29.0 Å². The highest BCUT2D eigenvalue weighted by Gasteiger charge is 2.40. The maximum absolute atomic E-state index is 14.4. The Labute approximate surface area is 240 Å². The van der Waals surface area contributed by atoms with E-state index in [-0.39, 0.29) is 29.5 Å². The third kappa shape index (κ3) is 5.79. The fourth-order valence-corrected chi connectivity index (χ4v) is 5.30. The minimum absolute atomic E-state index is 0.0742. The van der Waals surface area contributed by atoms with Gasteiger partial charge in [-0.2, -0.15) is 13.2 Å². The van der Waals surface area contributed by atoms with Gasteiger partial charge in [0.1, 0.15) is 17.3 Å². The number of guanidine groups is 1. The minimum atomic E-state index is -4.63. The van der Waals surface area contributed by atoms with Gasteiger partial charge in [0, 0.05) is 43.5 Å². The number of piperazine rings is 1. The van der Waals surface area contributed by atoms with Crippen LogP contribution in [-0.4, -0.2) is 64.3 Å². The summed E-state index contributed by atoms with van der Waals surface area (Å²) in [5, 5.41) is 0. The largest absolute Gasteiger partial charge is 0.497 e. The van der Waals surface area contributed by atoms with Crippen molar-refractivity contribution in [2.24, 2.45) is 4.99 Å². The summed E-state index contributed by atoms with van der Waals surface area (Å²) >= 11 is 0. The Morgan fingerprint density at radius 3 is 2.33 bits per heavy atom. The van der Waals surface area contributed by atoms with Crippen molar-refractivity contribution in [3.63, 3.8) is 0 Å². The van der Waals surface area contributed by atoms with Gasteiger partial charge in [-0.25, -0.2) is 9.38 Å². The lowest BCUT2D eigenvalue weighted by Crippen LogP contribution is -2.55. The number of esters is 1. The van der Waals surface area contributed by atoms with E-state index in [2.05, 4.69) is 4.90 Å². The number of fused-ring (bicyclic) bond motifs is 1. The van der Waals surface area contributed by atoms with Crippen LogP contribution in [0.15, 0.2) is 65.7 Å². The number of benzene rings is 3. The molecule has 0 aromatic heterocycles. The van der Waals surface area contributed by atoms with E-state index in [4.69, 9.17) is 19.2 Å². The summed E-state index contributed by atoms with van der Waals surface area (Å²) in [6.45, 7) is 2.03. The van der Waals surface area contributed by atoms with Crippen LogP contribution in [0.25, 0.3) is 0 Å². The molecule has 8 nitrogen and oxygen atoms in total. The molecule has 2 aliphatic rings. The Balaban J connectivity index is 1.60. The second kappa shape index (κ2) is 11.8. The van der Waals surface area contributed by atoms with E-state index in [9.17, 15) is 22.4 Å². The molecule has 5 rings (SSSR count). The fourth-order valence-electron chi connectivity index (χ4n) is 5.30. The van der Waals surface area contributed by atoms with Gasteiger partial charge in [-0.15, -0.1) is 0 Å². The molecule has 1 saturated heterocycles. The van der Waals surface area contributed by atoms with Crippen LogP contribution in [0.4, 0.5) is 34.6 Å². The lowest BCUT2D eigenvalue weighted by molar-refractivity contribution is -0.141. The zero-order valence-electron chi connectivity index (χ0n) is 23.3. The van der Waals surface area contributed by atoms with Gasteiger partial charge in [-0.1, -0.05) is 12.1 Å². The zero-order chi connectivity index (χ0) is 30.0. The second-order valence-electron chi connectivity index (χ2n) is 9.84. The van der Waals surface area contributed by atoms with Crippen molar-refractivity contribution in [1.29, 1.82) is 0 Å². The third-order valence-electron chi connectivity index (χ3n) is 7.43. The van der Waals surface area contributed by atoms with Gasteiger partial charge < -0.3 is 28.9 Å². The molecular weight excluding hydrogens is 556 g/mol. The number of hydrogen-bond donors (Lipinski definition) is 0. The Hall–Kier alpha value is -4.48. The molecule has 42 heavy (non-hydrogen) atoms. The normalized spacial score (nSPS) is 17.0. The number of carbonyl (C=O) groups is 1. The predicted molar refractivity (Wildman–Crippen MR) is 150 cm³/mol. The summed E-state index contributed by atoms with van der Waals surface area (Å²) in [7, 11) is 4.19. The van der Waals surface area contributed by atoms with Gasteiger partial charge in [0.25, 0.3) is 0 Å². The molecule has 2 aliphatic heterocycles. The first-order valence-electron chi connectivity index (χ1n) is 13.3. The standard InChI is InChI=1S/C30H30F4N4O4/c1-40-22-6-4-5-21(17-22)36-11-13-37(14-12-36)29-35-24-16-20(31)8-9-23(24)25(18-28(39)42-3)38(29)26-15-19(30(32,33)34)7-10-27(26)41-2/h4-10,15-17,25H,11-14,18H2,1-3H3. The third-order valence-corrected chi connectivity index (χ3v) is 7.43. The van der Waals surface area contributed by atoms with Crippen LogP contribution in [0.1, 0.15) is 23.6 Å². The van der Waals surface area contributed by atoms with E-state index in [1.807, 2.05) is 29.2 Å². The van der Waals surface area contributed by atoms with Gasteiger partial charge in [-0.05, 0) is 42.5 Å². The van der Waals surface area contributed by atoms with Crippen molar-refractivity contribution in [2.45, 2.75) is 18.6 Å². The molecule has 1 unspecified atom stereocenters. The van der Waals surface area contributed by atoms with Crippen molar-refractivity contribution < 1.29 is 36.6 Å². The molecule has 1 atom stereocenters. The molecule has 3 aromatic rings. The zero-order valence-corrected chi connectivity index (χ0v) is 23.3. The summed E-state index contributed by atoms with van der Waals surface area (Å²) in [6, 6.07) is 14.0. The van der Waals surface area contributed by atoms with Gasteiger partial charge in [0.05, 0.1) is 50.7 Å². The summed E-state index contributed by atoms with van der Waals surface area (Å²) in [6.07, 6.45) is -4.85. The van der Waals surface area contributed by atoms with Crippen LogP contribution in [0.2, 0.25) is 0 Å². The van der Waals surface area contributed by atoms with Crippen molar-refractivity contribution in [2.75, 3.05) is 57.3 Å². The summed E-state index contributed by atoms with van der Waals surface area (Å²) in [4.78, 5) is 23.1. The number of hydrogen-bond acceptors (Lipinski definition) is 8. The first kappa shape index (κ1) is 29.0. The maximum Gasteiger partial charge on any atom is 0.416 e. The Morgan fingerprint density at radius 2 is 1.67 bits per heavy atom. The van der Waals surface area contributed by atoms with Crippen molar-refractivity contribution in [1.82, 2.24) is 4.90 Å². The number of halogens is 4. The maximum atomic E-state index is 14.4. The predicted octanol–water partition coefficient (Wildman–Crippen LogP) is 5.80. The number of methoxy groups -OCH3 is 3. The van der Waals surface area contributed by atoms with E-state index < -0.39 is 29.6 Å². The van der Waals surface area contributed by atoms with Crippen LogP contribution < -0.4 is 19.3 Å². The summed E-state index contributed by atoms with van der Waals surface area (Å²) in [5.74, 6) is 0.0478. The fraction of sp³-hybridized carbons (Fsp3) is 0.333. The van der Waals surface area contributed by atoms with Gasteiger partial charge in [0.2, 0.25) is 5.96 Å². The van der Waals surface area contributed by atoms with Crippen LogP contribution in [0.5, 0.6) is 11.5 Å². The van der Waals surface area contributed by atoms with Crippen LogP contribution in [0.3, 0.4) is 0 Å². The number of nitrogens with zero attached hydrogens (tertiary/aromatic N) is 4. The molecule has 0 spiro atoms. The topological polar surface area (TPSA) is 66.8 Å². The van der Waals surface area contributed by atoms with E-state index >= 15 is 0 Å². The highest BCUT2D eigenvalue weighted by molar-refractivity contribution is 6.02. The summed E-state index contributed by atoms with van der Waals surface area (Å²) < 4.78 is 71.9. The molecule has 3 aromatic carbocycles. The molecule has 0 bridgehead atoms. The van der Waals surface area contributed by atoms with E-state index in [0.29, 0.717) is 31.7 Å². The van der Waals surface area contributed by atoms with E-state index in [1.54, 1.807) is 12.0 Å². The molecule has 222 valence electrons. The molecule has 1 fully saturated rings.